The van der Waals surface area contributed by atoms with E-state index in [1.165, 1.54) is 11.3 Å². The molecule has 0 bridgehead atoms. The minimum Gasteiger partial charge on any atom is -0.334 e. The summed E-state index contributed by atoms with van der Waals surface area (Å²) in [5.74, 6) is -0.0833. The second-order valence-corrected chi connectivity index (χ2v) is 8.21. The van der Waals surface area contributed by atoms with Crippen LogP contribution in [0.4, 0.5) is 0 Å². The molecule has 0 aliphatic carbocycles. The van der Waals surface area contributed by atoms with Gasteiger partial charge >= 0.3 is 0 Å². The van der Waals surface area contributed by atoms with Crippen LogP contribution < -0.4 is 10.5 Å². The van der Waals surface area contributed by atoms with E-state index in [0.717, 1.165) is 30.5 Å². The molecule has 1 saturated heterocycles. The van der Waals surface area contributed by atoms with Crippen LogP contribution in [-0.2, 0) is 16.6 Å². The van der Waals surface area contributed by atoms with Crippen molar-refractivity contribution in [1.82, 2.24) is 14.6 Å². The van der Waals surface area contributed by atoms with Gasteiger partial charge in [0.1, 0.15) is 10.7 Å². The Morgan fingerprint density at radius 1 is 1.55 bits per heavy atom. The normalized spacial score (nSPS) is 19.4. The molecule has 2 rings (SSSR count). The SMILES string of the molecule is CS(=O)(=O)NCCC1CCCCN1C(=O)c1csc(CN)n1. The molecule has 1 aliphatic heterocycles. The summed E-state index contributed by atoms with van der Waals surface area (Å²) in [7, 11) is -3.19. The quantitative estimate of drug-likeness (QED) is 0.782. The molecule has 124 valence electrons. The zero-order valence-corrected chi connectivity index (χ0v) is 14.3. The van der Waals surface area contributed by atoms with E-state index in [4.69, 9.17) is 5.73 Å². The summed E-state index contributed by atoms with van der Waals surface area (Å²) in [6, 6.07) is 0.0542. The van der Waals surface area contributed by atoms with Crippen LogP contribution in [0, 0.1) is 0 Å². The van der Waals surface area contributed by atoms with Crippen molar-refractivity contribution in [1.29, 1.82) is 0 Å². The molecule has 22 heavy (non-hydrogen) atoms. The first kappa shape index (κ1) is 17.3. The maximum atomic E-state index is 12.6. The smallest absolute Gasteiger partial charge is 0.273 e. The number of likely N-dealkylation sites (tertiary alicyclic amines) is 1. The first-order chi connectivity index (χ1) is 10.4. The van der Waals surface area contributed by atoms with Gasteiger partial charge < -0.3 is 10.6 Å². The molecule has 2 heterocycles. The molecule has 0 aromatic carbocycles. The molecule has 1 aromatic heterocycles. The van der Waals surface area contributed by atoms with Crippen LogP contribution >= 0.6 is 11.3 Å². The van der Waals surface area contributed by atoms with Gasteiger partial charge in [-0.15, -0.1) is 11.3 Å². The zero-order valence-electron chi connectivity index (χ0n) is 12.6. The Bertz CT molecular complexity index is 615. The summed E-state index contributed by atoms with van der Waals surface area (Å²) in [5.41, 5.74) is 5.97. The van der Waals surface area contributed by atoms with Gasteiger partial charge in [-0.25, -0.2) is 18.1 Å². The van der Waals surface area contributed by atoms with Gasteiger partial charge in [-0.2, -0.15) is 0 Å². The molecule has 1 atom stereocenters. The van der Waals surface area contributed by atoms with Gasteiger partial charge in [-0.1, -0.05) is 0 Å². The van der Waals surface area contributed by atoms with Gasteiger partial charge in [0.25, 0.3) is 5.91 Å². The molecule has 1 fully saturated rings. The summed E-state index contributed by atoms with van der Waals surface area (Å²) < 4.78 is 24.8. The van der Waals surface area contributed by atoms with Crippen LogP contribution in [0.3, 0.4) is 0 Å². The number of sulfonamides is 1. The van der Waals surface area contributed by atoms with Crippen LogP contribution in [-0.4, -0.2) is 49.6 Å². The minimum absolute atomic E-state index is 0.0542. The lowest BCUT2D eigenvalue weighted by Gasteiger charge is -2.35. The third-order valence-electron chi connectivity index (χ3n) is 3.68. The minimum atomic E-state index is -3.19. The van der Waals surface area contributed by atoms with E-state index in [0.29, 0.717) is 31.7 Å². The number of thiazole rings is 1. The molecule has 3 N–H and O–H groups in total. The van der Waals surface area contributed by atoms with E-state index in [1.54, 1.807) is 5.38 Å². The molecular formula is C13H22N4O3S2. The molecular weight excluding hydrogens is 324 g/mol. The Labute approximate surface area is 135 Å². The highest BCUT2D eigenvalue weighted by Crippen LogP contribution is 2.22. The van der Waals surface area contributed by atoms with Crippen molar-refractivity contribution >= 4 is 27.3 Å². The lowest BCUT2D eigenvalue weighted by atomic mass is 9.99. The number of piperidine rings is 1. The number of nitrogens with zero attached hydrogens (tertiary/aromatic N) is 2. The fraction of sp³-hybridized carbons (Fsp3) is 0.692. The molecule has 0 saturated carbocycles. The van der Waals surface area contributed by atoms with E-state index in [2.05, 4.69) is 9.71 Å². The Kier molecular flexibility index (Phi) is 5.90. The predicted molar refractivity (Wildman–Crippen MR) is 86.1 cm³/mol. The summed E-state index contributed by atoms with van der Waals surface area (Å²) in [4.78, 5) is 18.7. The fourth-order valence-electron chi connectivity index (χ4n) is 2.63. The highest BCUT2D eigenvalue weighted by Gasteiger charge is 2.28. The number of hydrogen-bond acceptors (Lipinski definition) is 6. The van der Waals surface area contributed by atoms with E-state index in [9.17, 15) is 13.2 Å². The highest BCUT2D eigenvalue weighted by atomic mass is 32.2. The van der Waals surface area contributed by atoms with Gasteiger partial charge in [-0.3, -0.25) is 4.79 Å². The monoisotopic (exact) mass is 346 g/mol. The number of nitrogens with two attached hydrogens (primary N) is 1. The van der Waals surface area contributed by atoms with Crippen molar-refractivity contribution in [3.05, 3.63) is 16.1 Å². The third-order valence-corrected chi connectivity index (χ3v) is 5.27. The number of carbonyl (C=O) groups is 1. The van der Waals surface area contributed by atoms with Crippen molar-refractivity contribution in [3.63, 3.8) is 0 Å². The molecule has 0 radical (unpaired) electrons. The number of hydrogen-bond donors (Lipinski definition) is 2. The summed E-state index contributed by atoms with van der Waals surface area (Å²) >= 11 is 1.39. The van der Waals surface area contributed by atoms with Crippen LogP contribution in [0.15, 0.2) is 5.38 Å². The summed E-state index contributed by atoms with van der Waals surface area (Å²) in [5, 5.41) is 2.49. The third kappa shape index (κ3) is 4.73. The standard InChI is InChI=1S/C13H22N4O3S2/c1-22(19,20)15-6-5-10-4-2-3-7-17(10)13(18)11-9-21-12(8-14)16-11/h9-10,15H,2-8,14H2,1H3. The van der Waals surface area contributed by atoms with E-state index in [-0.39, 0.29) is 11.9 Å². The van der Waals surface area contributed by atoms with Crippen molar-refractivity contribution < 1.29 is 13.2 Å². The zero-order chi connectivity index (χ0) is 16.2. The Hall–Kier alpha value is -1.03. The first-order valence-corrected chi connectivity index (χ1v) is 10.1. The Balaban J connectivity index is 2.00. The number of nitrogens with one attached hydrogen (secondary N) is 1. The topological polar surface area (TPSA) is 105 Å². The van der Waals surface area contributed by atoms with Crippen LogP contribution in [0.5, 0.6) is 0 Å². The number of aromatic nitrogens is 1. The molecule has 9 heteroatoms. The average Bonchev–Trinajstić information content (AvgIpc) is 2.95. The molecule has 1 aromatic rings. The lowest BCUT2D eigenvalue weighted by molar-refractivity contribution is 0.0598. The molecule has 7 nitrogen and oxygen atoms in total. The Morgan fingerprint density at radius 2 is 2.32 bits per heavy atom. The number of rotatable bonds is 6. The van der Waals surface area contributed by atoms with E-state index in [1.807, 2.05) is 4.90 Å². The maximum Gasteiger partial charge on any atom is 0.273 e. The predicted octanol–water partition coefficient (Wildman–Crippen LogP) is 0.536. The molecule has 1 aliphatic rings. The van der Waals surface area contributed by atoms with Crippen LogP contribution in [0.2, 0.25) is 0 Å². The van der Waals surface area contributed by atoms with Gasteiger partial charge in [0.2, 0.25) is 10.0 Å². The first-order valence-electron chi connectivity index (χ1n) is 7.31. The van der Waals surface area contributed by atoms with Crippen molar-refractivity contribution in [3.8, 4) is 0 Å². The number of carbonyl (C=O) groups excluding carboxylic acids is 1. The van der Waals surface area contributed by atoms with E-state index < -0.39 is 10.0 Å². The van der Waals surface area contributed by atoms with Crippen LogP contribution in [0.25, 0.3) is 0 Å². The molecule has 0 spiro atoms. The van der Waals surface area contributed by atoms with Gasteiger partial charge in [0.05, 0.1) is 6.26 Å². The van der Waals surface area contributed by atoms with Gasteiger partial charge in [0, 0.05) is 31.1 Å². The second kappa shape index (κ2) is 7.49. The number of amides is 1. The maximum absolute atomic E-state index is 12.6. The summed E-state index contributed by atoms with van der Waals surface area (Å²) in [6.07, 6.45) is 4.67. The summed E-state index contributed by atoms with van der Waals surface area (Å²) in [6.45, 7) is 1.37. The van der Waals surface area contributed by atoms with E-state index >= 15 is 0 Å². The van der Waals surface area contributed by atoms with Crippen LogP contribution in [0.1, 0.15) is 41.2 Å². The second-order valence-electron chi connectivity index (χ2n) is 5.43. The van der Waals surface area contributed by atoms with Gasteiger partial charge in [0.15, 0.2) is 0 Å². The largest absolute Gasteiger partial charge is 0.334 e. The molecule has 1 unspecified atom stereocenters. The fourth-order valence-corrected chi connectivity index (χ4v) is 3.77. The average molecular weight is 346 g/mol. The lowest BCUT2D eigenvalue weighted by Crippen LogP contribution is -2.45. The Morgan fingerprint density at radius 3 is 2.95 bits per heavy atom. The van der Waals surface area contributed by atoms with Gasteiger partial charge in [-0.05, 0) is 25.7 Å². The van der Waals surface area contributed by atoms with Crippen molar-refractivity contribution in [2.75, 3.05) is 19.3 Å². The van der Waals surface area contributed by atoms with Crippen molar-refractivity contribution in [2.24, 2.45) is 5.73 Å². The molecule has 1 amide bonds. The van der Waals surface area contributed by atoms with Crippen molar-refractivity contribution in [2.45, 2.75) is 38.3 Å². The highest BCUT2D eigenvalue weighted by molar-refractivity contribution is 7.88.